The predicted molar refractivity (Wildman–Crippen MR) is 187 cm³/mol. The zero-order valence-corrected chi connectivity index (χ0v) is 27.8. The van der Waals surface area contributed by atoms with Crippen molar-refractivity contribution in [1.29, 1.82) is 5.41 Å². The van der Waals surface area contributed by atoms with Gasteiger partial charge in [0.2, 0.25) is 0 Å². The molecule has 3 heterocycles. The first-order valence-electron chi connectivity index (χ1n) is 16.9. The predicted octanol–water partition coefficient (Wildman–Crippen LogP) is 7.47. The molecule has 1 saturated heterocycles. The van der Waals surface area contributed by atoms with Crippen molar-refractivity contribution in [3.63, 3.8) is 0 Å². The molecule has 2 aromatic heterocycles. The summed E-state index contributed by atoms with van der Waals surface area (Å²) in [4.78, 5) is 22.8. The van der Waals surface area contributed by atoms with Crippen molar-refractivity contribution >= 4 is 16.9 Å². The zero-order valence-electron chi connectivity index (χ0n) is 27.8. The van der Waals surface area contributed by atoms with Crippen molar-refractivity contribution in [3.05, 3.63) is 94.6 Å². The third-order valence-electron chi connectivity index (χ3n) is 9.30. The SMILES string of the molecule is C=C[C@H](N)CCCc1cc(-c2cc3cn(-c4ccc([C@@H]5CCC[C@@H](CCNC(C)=N)N5CCCF)cc4)c(=O)nc3[nH]2)cc(C(F)(F)F)c1. The van der Waals surface area contributed by atoms with E-state index in [1.54, 1.807) is 31.3 Å². The van der Waals surface area contributed by atoms with Crippen molar-refractivity contribution in [2.45, 2.75) is 82.6 Å². The lowest BCUT2D eigenvalue weighted by Gasteiger charge is -2.43. The van der Waals surface area contributed by atoms with Gasteiger partial charge in [0.15, 0.2) is 0 Å². The largest absolute Gasteiger partial charge is 0.416 e. The maximum Gasteiger partial charge on any atom is 0.416 e. The summed E-state index contributed by atoms with van der Waals surface area (Å²) in [6, 6.07) is 13.6. The van der Waals surface area contributed by atoms with Crippen LogP contribution in [-0.2, 0) is 12.6 Å². The number of piperidine rings is 1. The Balaban J connectivity index is 1.40. The first kappa shape index (κ1) is 36.0. The van der Waals surface area contributed by atoms with Gasteiger partial charge in [0.25, 0.3) is 0 Å². The Morgan fingerprint density at radius 1 is 1.18 bits per heavy atom. The van der Waals surface area contributed by atoms with Gasteiger partial charge in [-0.15, -0.1) is 6.58 Å². The van der Waals surface area contributed by atoms with Crippen LogP contribution in [0.1, 0.15) is 74.6 Å². The third kappa shape index (κ3) is 9.04. The van der Waals surface area contributed by atoms with E-state index in [1.165, 1.54) is 10.6 Å². The Labute approximate surface area is 283 Å². The van der Waals surface area contributed by atoms with Gasteiger partial charge in [-0.3, -0.25) is 19.3 Å². The van der Waals surface area contributed by atoms with Gasteiger partial charge in [-0.2, -0.15) is 18.2 Å². The number of nitrogens with one attached hydrogen (secondary N) is 3. The molecule has 49 heavy (non-hydrogen) atoms. The van der Waals surface area contributed by atoms with Crippen LogP contribution in [-0.4, -0.2) is 57.1 Å². The number of halogens is 4. The molecule has 1 aliphatic heterocycles. The number of likely N-dealkylation sites (tertiary alicyclic amines) is 1. The van der Waals surface area contributed by atoms with E-state index in [9.17, 15) is 22.4 Å². The standard InChI is InChI=1S/C37H45F4N7O/c1-3-30(43)8-4-7-25-19-27(21-29(20-25)37(39,40)41)33-22-28-23-48(36(49)46-35(28)45-33)32-13-11-26(12-14-32)34-10-5-9-31(15-17-44-24(2)42)47(34)18-6-16-38/h3,11-14,19-23,30-31,34H,1,4-10,15-18,43H2,2H3,(H2,42,44)(H,45,46,49)/t30-,31-,34-/m0/s1. The Morgan fingerprint density at radius 3 is 2.65 bits per heavy atom. The van der Waals surface area contributed by atoms with Gasteiger partial charge in [0.05, 0.1) is 23.8 Å². The van der Waals surface area contributed by atoms with E-state index in [2.05, 4.69) is 26.8 Å². The Morgan fingerprint density at radius 2 is 1.96 bits per heavy atom. The molecule has 0 amide bonds. The normalized spacial score (nSPS) is 17.7. The van der Waals surface area contributed by atoms with Crippen LogP contribution < -0.4 is 16.7 Å². The number of rotatable bonds is 14. The number of hydrogen-bond donors (Lipinski definition) is 4. The summed E-state index contributed by atoms with van der Waals surface area (Å²) in [7, 11) is 0. The zero-order chi connectivity index (χ0) is 35.1. The molecule has 5 N–H and O–H groups in total. The number of amidine groups is 1. The van der Waals surface area contributed by atoms with E-state index in [1.807, 2.05) is 24.3 Å². The number of aromatic amines is 1. The van der Waals surface area contributed by atoms with Crippen molar-refractivity contribution in [3.8, 4) is 16.9 Å². The smallest absolute Gasteiger partial charge is 0.374 e. The molecule has 5 rings (SSSR count). The third-order valence-corrected chi connectivity index (χ3v) is 9.30. The molecule has 12 heteroatoms. The summed E-state index contributed by atoms with van der Waals surface area (Å²) in [5, 5.41) is 11.3. The van der Waals surface area contributed by atoms with E-state index in [0.29, 0.717) is 72.5 Å². The lowest BCUT2D eigenvalue weighted by molar-refractivity contribution is -0.137. The average Bonchev–Trinajstić information content (AvgIpc) is 3.49. The van der Waals surface area contributed by atoms with Gasteiger partial charge < -0.3 is 16.0 Å². The molecular weight excluding hydrogens is 634 g/mol. The van der Waals surface area contributed by atoms with Gasteiger partial charge >= 0.3 is 11.9 Å². The van der Waals surface area contributed by atoms with Crippen LogP contribution in [0.25, 0.3) is 28.0 Å². The van der Waals surface area contributed by atoms with Crippen LogP contribution in [0, 0.1) is 5.41 Å². The van der Waals surface area contributed by atoms with Crippen molar-refractivity contribution in [1.82, 2.24) is 24.8 Å². The molecule has 8 nitrogen and oxygen atoms in total. The second-order valence-corrected chi connectivity index (χ2v) is 12.9. The van der Waals surface area contributed by atoms with Crippen LogP contribution in [0.2, 0.25) is 0 Å². The number of nitrogens with zero attached hydrogens (tertiary/aromatic N) is 3. The second-order valence-electron chi connectivity index (χ2n) is 12.9. The van der Waals surface area contributed by atoms with E-state index < -0.39 is 17.4 Å². The maximum absolute atomic E-state index is 13.9. The molecule has 3 atom stereocenters. The quantitative estimate of drug-likeness (QED) is 0.0478. The number of H-pyrrole nitrogens is 1. The molecule has 0 unspecified atom stereocenters. The van der Waals surface area contributed by atoms with Crippen LogP contribution in [0.15, 0.2) is 72.2 Å². The summed E-state index contributed by atoms with van der Waals surface area (Å²) < 4.78 is 56.3. The number of fused-ring (bicyclic) bond motifs is 1. The summed E-state index contributed by atoms with van der Waals surface area (Å²) in [5.41, 5.74) is 7.93. The van der Waals surface area contributed by atoms with Crippen LogP contribution in [0.3, 0.4) is 0 Å². The molecule has 0 bridgehead atoms. The van der Waals surface area contributed by atoms with Gasteiger partial charge in [0, 0.05) is 48.5 Å². The fourth-order valence-corrected chi connectivity index (χ4v) is 6.82. The number of aromatic nitrogens is 3. The fourth-order valence-electron chi connectivity index (χ4n) is 6.82. The topological polar surface area (TPSA) is 116 Å². The molecule has 4 aromatic rings. The lowest BCUT2D eigenvalue weighted by Crippen LogP contribution is -2.44. The highest BCUT2D eigenvalue weighted by Crippen LogP contribution is 2.37. The molecule has 1 aliphatic rings. The number of benzene rings is 2. The summed E-state index contributed by atoms with van der Waals surface area (Å²) in [6.07, 6.45) is 4.71. The second kappa shape index (κ2) is 15.9. The average molecular weight is 680 g/mol. The number of nitrogens with two attached hydrogens (primary N) is 1. The molecule has 0 radical (unpaired) electrons. The number of aryl methyl sites for hydroxylation is 1. The van der Waals surface area contributed by atoms with Gasteiger partial charge in [0.1, 0.15) is 5.65 Å². The molecular formula is C37H45F4N7O. The van der Waals surface area contributed by atoms with E-state index in [-0.39, 0.29) is 30.4 Å². The monoisotopic (exact) mass is 679 g/mol. The van der Waals surface area contributed by atoms with Crippen LogP contribution in [0.4, 0.5) is 17.6 Å². The summed E-state index contributed by atoms with van der Waals surface area (Å²) in [5.74, 6) is 0.429. The minimum absolute atomic E-state index is 0.112. The first-order chi connectivity index (χ1) is 23.5. The van der Waals surface area contributed by atoms with E-state index >= 15 is 0 Å². The molecule has 0 aliphatic carbocycles. The molecule has 1 fully saturated rings. The Bertz CT molecular complexity index is 1800. The maximum atomic E-state index is 13.9. The van der Waals surface area contributed by atoms with Gasteiger partial charge in [-0.1, -0.05) is 18.2 Å². The molecule has 0 spiro atoms. The Hall–Kier alpha value is -4.29. The van der Waals surface area contributed by atoms with Crippen molar-refractivity contribution in [2.75, 3.05) is 19.8 Å². The summed E-state index contributed by atoms with van der Waals surface area (Å²) in [6.45, 7) is 6.33. The number of hydrogen-bond acceptors (Lipinski definition) is 5. The fraction of sp³-hybridized carbons (Fsp3) is 0.432. The Kier molecular flexibility index (Phi) is 11.7. The molecule has 2 aromatic carbocycles. The van der Waals surface area contributed by atoms with Crippen LogP contribution in [0.5, 0.6) is 0 Å². The highest BCUT2D eigenvalue weighted by Gasteiger charge is 2.32. The first-order valence-corrected chi connectivity index (χ1v) is 16.9. The van der Waals surface area contributed by atoms with Crippen molar-refractivity contribution in [2.24, 2.45) is 5.73 Å². The minimum atomic E-state index is -4.52. The highest BCUT2D eigenvalue weighted by molar-refractivity contribution is 5.83. The minimum Gasteiger partial charge on any atom is -0.374 e. The van der Waals surface area contributed by atoms with E-state index in [4.69, 9.17) is 11.1 Å². The van der Waals surface area contributed by atoms with Crippen LogP contribution >= 0.6 is 0 Å². The van der Waals surface area contributed by atoms with E-state index in [0.717, 1.165) is 37.3 Å². The highest BCUT2D eigenvalue weighted by atomic mass is 19.4. The van der Waals surface area contributed by atoms with Gasteiger partial charge in [-0.25, -0.2) is 4.79 Å². The summed E-state index contributed by atoms with van der Waals surface area (Å²) >= 11 is 0. The number of alkyl halides is 4. The lowest BCUT2D eigenvalue weighted by atomic mass is 9.89. The molecule has 262 valence electrons. The molecule has 0 saturated carbocycles. The van der Waals surface area contributed by atoms with Gasteiger partial charge in [-0.05, 0) is 111 Å². The van der Waals surface area contributed by atoms with Crippen molar-refractivity contribution < 1.29 is 17.6 Å².